The first-order chi connectivity index (χ1) is 7.09. The van der Waals surface area contributed by atoms with Crippen molar-refractivity contribution in [2.24, 2.45) is 0 Å². The summed E-state index contributed by atoms with van der Waals surface area (Å²) in [4.78, 5) is 36.0. The molecule has 3 N–H and O–H groups in total. The lowest BCUT2D eigenvalue weighted by molar-refractivity contribution is -0.144. The van der Waals surface area contributed by atoms with Crippen molar-refractivity contribution in [3.8, 4) is 0 Å². The molecule has 1 amide bonds. The predicted molar refractivity (Wildman–Crippen MR) is 45.9 cm³/mol. The monoisotopic (exact) mass is 213 g/mol. The number of nitrogens with one attached hydrogen (secondary N) is 2. The Labute approximate surface area is 82.8 Å². The number of hydroxylamine groups is 1. The number of H-pyrrole nitrogens is 1. The lowest BCUT2D eigenvalue weighted by atomic mass is 10.4. The summed E-state index contributed by atoms with van der Waals surface area (Å²) in [6, 6.07) is 2.29. The number of aromatic nitrogens is 2. The highest BCUT2D eigenvalue weighted by Gasteiger charge is 2.07. The second-order valence-corrected chi connectivity index (χ2v) is 2.42. The molecular formula is C7H7N3O5. The molecule has 0 radical (unpaired) electrons. The van der Waals surface area contributed by atoms with E-state index in [4.69, 9.17) is 5.11 Å². The van der Waals surface area contributed by atoms with E-state index < -0.39 is 24.0 Å². The zero-order chi connectivity index (χ0) is 11.3. The largest absolute Gasteiger partial charge is 0.479 e. The molecule has 0 spiro atoms. The average Bonchev–Trinajstić information content (AvgIpc) is 2.18. The Morgan fingerprint density at radius 2 is 2.27 bits per heavy atom. The predicted octanol–water partition coefficient (Wildman–Crippen LogP) is -1.48. The quantitative estimate of drug-likeness (QED) is 0.524. The number of carbonyl (C=O) groups excluding carboxylic acids is 1. The van der Waals surface area contributed by atoms with Crippen LogP contribution in [0.25, 0.3) is 0 Å². The van der Waals surface area contributed by atoms with Gasteiger partial charge in [-0.1, -0.05) is 0 Å². The van der Waals surface area contributed by atoms with Crippen LogP contribution in [-0.2, 0) is 9.63 Å². The fourth-order valence-electron chi connectivity index (χ4n) is 0.687. The SMILES string of the molecule is O=C(O)CONC(=O)c1ccc(=O)[nH]n1. The summed E-state index contributed by atoms with van der Waals surface area (Å²) >= 11 is 0. The third kappa shape index (κ3) is 3.56. The van der Waals surface area contributed by atoms with Crippen LogP contribution in [0, 0.1) is 0 Å². The van der Waals surface area contributed by atoms with Crippen molar-refractivity contribution >= 4 is 11.9 Å². The Kier molecular flexibility index (Phi) is 3.52. The zero-order valence-corrected chi connectivity index (χ0v) is 7.39. The zero-order valence-electron chi connectivity index (χ0n) is 7.39. The molecular weight excluding hydrogens is 206 g/mol. The maximum Gasteiger partial charge on any atom is 0.332 e. The van der Waals surface area contributed by atoms with E-state index in [1.807, 2.05) is 10.6 Å². The molecule has 0 aromatic carbocycles. The summed E-state index contributed by atoms with van der Waals surface area (Å²) in [5.74, 6) is -1.96. The van der Waals surface area contributed by atoms with Crippen LogP contribution in [0.2, 0.25) is 0 Å². The van der Waals surface area contributed by atoms with Gasteiger partial charge in [-0.25, -0.2) is 15.4 Å². The highest BCUT2D eigenvalue weighted by Crippen LogP contribution is 1.87. The number of hydrogen-bond donors (Lipinski definition) is 3. The highest BCUT2D eigenvalue weighted by molar-refractivity contribution is 5.91. The van der Waals surface area contributed by atoms with Crippen molar-refractivity contribution in [1.82, 2.24) is 15.7 Å². The van der Waals surface area contributed by atoms with Gasteiger partial charge in [0.15, 0.2) is 12.3 Å². The molecule has 8 heteroatoms. The number of aromatic amines is 1. The molecule has 1 rings (SSSR count). The van der Waals surface area contributed by atoms with Crippen LogP contribution in [0.5, 0.6) is 0 Å². The van der Waals surface area contributed by atoms with Gasteiger partial charge in [0.05, 0.1) is 0 Å². The minimum atomic E-state index is -1.22. The van der Waals surface area contributed by atoms with E-state index in [2.05, 4.69) is 9.94 Å². The molecule has 80 valence electrons. The summed E-state index contributed by atoms with van der Waals surface area (Å²) in [5, 5.41) is 13.6. The van der Waals surface area contributed by atoms with Crippen molar-refractivity contribution in [3.05, 3.63) is 28.2 Å². The van der Waals surface area contributed by atoms with Crippen LogP contribution < -0.4 is 11.0 Å². The van der Waals surface area contributed by atoms with Gasteiger partial charge in [0, 0.05) is 6.07 Å². The fourth-order valence-corrected chi connectivity index (χ4v) is 0.687. The van der Waals surface area contributed by atoms with E-state index in [0.717, 1.165) is 6.07 Å². The van der Waals surface area contributed by atoms with Crippen LogP contribution in [0.1, 0.15) is 10.5 Å². The molecule has 0 aliphatic rings. The number of nitrogens with zero attached hydrogens (tertiary/aromatic N) is 1. The molecule has 1 aromatic heterocycles. The molecule has 0 saturated heterocycles. The minimum Gasteiger partial charge on any atom is -0.479 e. The van der Waals surface area contributed by atoms with E-state index in [1.165, 1.54) is 6.07 Å². The van der Waals surface area contributed by atoms with Crippen LogP contribution in [0.4, 0.5) is 0 Å². The minimum absolute atomic E-state index is 0.0833. The Morgan fingerprint density at radius 1 is 1.53 bits per heavy atom. The third-order valence-electron chi connectivity index (χ3n) is 1.27. The molecule has 0 unspecified atom stereocenters. The Hall–Kier alpha value is -2.22. The summed E-state index contributed by atoms with van der Waals surface area (Å²) in [5.41, 5.74) is 1.32. The van der Waals surface area contributed by atoms with Crippen LogP contribution in [-0.4, -0.2) is 33.8 Å². The van der Waals surface area contributed by atoms with E-state index in [9.17, 15) is 14.4 Å². The van der Waals surface area contributed by atoms with Crippen LogP contribution in [0.3, 0.4) is 0 Å². The second kappa shape index (κ2) is 4.86. The van der Waals surface area contributed by atoms with Gasteiger partial charge in [0.1, 0.15) is 0 Å². The van der Waals surface area contributed by atoms with Crippen molar-refractivity contribution in [3.63, 3.8) is 0 Å². The average molecular weight is 213 g/mol. The first kappa shape index (κ1) is 10.9. The number of carboxylic acid groups (broad SMARTS) is 1. The Bertz CT molecular complexity index is 406. The van der Waals surface area contributed by atoms with Crippen molar-refractivity contribution in [2.45, 2.75) is 0 Å². The molecule has 0 aliphatic carbocycles. The highest BCUT2D eigenvalue weighted by atomic mass is 16.7. The molecule has 0 fully saturated rings. The molecule has 15 heavy (non-hydrogen) atoms. The maximum absolute atomic E-state index is 11.1. The lowest BCUT2D eigenvalue weighted by Crippen LogP contribution is -2.28. The van der Waals surface area contributed by atoms with Crippen LogP contribution >= 0.6 is 0 Å². The molecule has 8 nitrogen and oxygen atoms in total. The molecule has 0 bridgehead atoms. The number of amides is 1. The lowest BCUT2D eigenvalue weighted by Gasteiger charge is -2.01. The number of aliphatic carboxylic acids is 1. The maximum atomic E-state index is 11.1. The van der Waals surface area contributed by atoms with Crippen molar-refractivity contribution in [1.29, 1.82) is 0 Å². The number of carboxylic acids is 1. The normalized spacial score (nSPS) is 9.60. The van der Waals surface area contributed by atoms with Gasteiger partial charge < -0.3 is 5.11 Å². The number of carbonyl (C=O) groups is 2. The van der Waals surface area contributed by atoms with Gasteiger partial charge in [-0.3, -0.25) is 14.4 Å². The number of hydrogen-bond acceptors (Lipinski definition) is 5. The summed E-state index contributed by atoms with van der Waals surface area (Å²) < 4.78 is 0. The summed E-state index contributed by atoms with van der Waals surface area (Å²) in [7, 11) is 0. The van der Waals surface area contributed by atoms with Crippen LogP contribution in [0.15, 0.2) is 16.9 Å². The second-order valence-electron chi connectivity index (χ2n) is 2.42. The molecule has 0 aliphatic heterocycles. The van der Waals surface area contributed by atoms with Gasteiger partial charge in [0.25, 0.3) is 11.5 Å². The van der Waals surface area contributed by atoms with Crippen molar-refractivity contribution < 1.29 is 19.5 Å². The van der Waals surface area contributed by atoms with Gasteiger partial charge in [-0.2, -0.15) is 5.10 Å². The fraction of sp³-hybridized carbons (Fsp3) is 0.143. The van der Waals surface area contributed by atoms with E-state index in [1.54, 1.807) is 0 Å². The molecule has 0 saturated carbocycles. The smallest absolute Gasteiger partial charge is 0.332 e. The Balaban J connectivity index is 2.50. The summed E-state index contributed by atoms with van der Waals surface area (Å²) in [6.07, 6.45) is 0. The first-order valence-corrected chi connectivity index (χ1v) is 3.79. The van der Waals surface area contributed by atoms with E-state index >= 15 is 0 Å². The number of rotatable bonds is 4. The Morgan fingerprint density at radius 3 is 2.80 bits per heavy atom. The standard InChI is InChI=1S/C7H7N3O5/c11-5-2-1-4(8-9-5)7(14)10-15-3-6(12)13/h1-2H,3H2,(H,9,11)(H,10,14)(H,12,13). The summed E-state index contributed by atoms with van der Waals surface area (Å²) in [6.45, 7) is -0.658. The molecule has 1 heterocycles. The van der Waals surface area contributed by atoms with Gasteiger partial charge in [-0.15, -0.1) is 0 Å². The van der Waals surface area contributed by atoms with Crippen molar-refractivity contribution in [2.75, 3.05) is 6.61 Å². The van der Waals surface area contributed by atoms with Gasteiger partial charge >= 0.3 is 5.97 Å². The van der Waals surface area contributed by atoms with E-state index in [-0.39, 0.29) is 5.69 Å². The van der Waals surface area contributed by atoms with Gasteiger partial charge in [-0.05, 0) is 6.07 Å². The van der Waals surface area contributed by atoms with E-state index in [0.29, 0.717) is 0 Å². The topological polar surface area (TPSA) is 121 Å². The first-order valence-electron chi connectivity index (χ1n) is 3.79. The third-order valence-corrected chi connectivity index (χ3v) is 1.27. The molecule has 1 aromatic rings. The molecule has 0 atom stereocenters. The van der Waals surface area contributed by atoms with Gasteiger partial charge in [0.2, 0.25) is 0 Å².